The van der Waals surface area contributed by atoms with Gasteiger partial charge >= 0.3 is 0 Å². The van der Waals surface area contributed by atoms with E-state index in [-0.39, 0.29) is 0 Å². The third-order valence-electron chi connectivity index (χ3n) is 2.70. The lowest BCUT2D eigenvalue weighted by atomic mass is 10.1. The van der Waals surface area contributed by atoms with Gasteiger partial charge in [-0.2, -0.15) is 0 Å². The molecule has 0 spiro atoms. The van der Waals surface area contributed by atoms with Crippen LogP contribution < -0.4 is 11.1 Å². The van der Waals surface area contributed by atoms with Gasteiger partial charge in [0.1, 0.15) is 0 Å². The zero-order valence-corrected chi connectivity index (χ0v) is 8.76. The molecule has 1 fully saturated rings. The van der Waals surface area contributed by atoms with Crippen LogP contribution >= 0.6 is 0 Å². The van der Waals surface area contributed by atoms with Crippen molar-refractivity contribution in [1.82, 2.24) is 10.2 Å². The smallest absolute Gasteiger partial charge is 0.00919 e. The molecule has 0 radical (unpaired) electrons. The van der Waals surface area contributed by atoms with E-state index in [9.17, 15) is 0 Å². The van der Waals surface area contributed by atoms with Crippen molar-refractivity contribution in [2.75, 3.05) is 32.7 Å². The highest BCUT2D eigenvalue weighted by molar-refractivity contribution is 4.76. The van der Waals surface area contributed by atoms with Crippen molar-refractivity contribution in [3.05, 3.63) is 0 Å². The van der Waals surface area contributed by atoms with E-state index in [2.05, 4.69) is 17.1 Å². The van der Waals surface area contributed by atoms with Crippen molar-refractivity contribution in [2.24, 2.45) is 5.73 Å². The maximum Gasteiger partial charge on any atom is 0.00919 e. The topological polar surface area (TPSA) is 41.3 Å². The number of piperidine rings is 1. The summed E-state index contributed by atoms with van der Waals surface area (Å²) in [4.78, 5) is 2.56. The van der Waals surface area contributed by atoms with E-state index in [4.69, 9.17) is 5.73 Å². The molecule has 0 unspecified atom stereocenters. The number of hydrogen-bond acceptors (Lipinski definition) is 3. The Morgan fingerprint density at radius 1 is 1.38 bits per heavy atom. The van der Waals surface area contributed by atoms with E-state index in [1.165, 1.54) is 38.9 Å². The summed E-state index contributed by atoms with van der Waals surface area (Å²) in [7, 11) is 0. The number of nitrogens with two attached hydrogens (primary N) is 1. The highest BCUT2D eigenvalue weighted by Crippen LogP contribution is 2.09. The fourth-order valence-corrected chi connectivity index (χ4v) is 1.96. The third kappa shape index (κ3) is 4.07. The maximum absolute atomic E-state index is 5.45. The molecule has 1 heterocycles. The first kappa shape index (κ1) is 11.0. The molecule has 1 aliphatic rings. The van der Waals surface area contributed by atoms with Gasteiger partial charge < -0.3 is 16.0 Å². The van der Waals surface area contributed by atoms with Crippen LogP contribution in [0, 0.1) is 0 Å². The van der Waals surface area contributed by atoms with Crippen molar-refractivity contribution in [1.29, 1.82) is 0 Å². The zero-order valence-electron chi connectivity index (χ0n) is 8.76. The number of likely N-dealkylation sites (tertiary alicyclic amines) is 1. The highest BCUT2D eigenvalue weighted by Gasteiger charge is 2.17. The monoisotopic (exact) mass is 185 g/mol. The summed E-state index contributed by atoms with van der Waals surface area (Å²) in [5.74, 6) is 0. The van der Waals surface area contributed by atoms with Crippen LogP contribution in [-0.4, -0.2) is 43.7 Å². The van der Waals surface area contributed by atoms with Crippen LogP contribution in [0.2, 0.25) is 0 Å². The van der Waals surface area contributed by atoms with Crippen molar-refractivity contribution in [2.45, 2.75) is 32.2 Å². The van der Waals surface area contributed by atoms with Crippen molar-refractivity contribution < 1.29 is 0 Å². The number of nitrogens with zero attached hydrogens (tertiary/aromatic N) is 1. The van der Waals surface area contributed by atoms with Gasteiger partial charge in [-0.05, 0) is 38.9 Å². The zero-order chi connectivity index (χ0) is 9.52. The number of hydrogen-bond donors (Lipinski definition) is 2. The summed E-state index contributed by atoms with van der Waals surface area (Å²) in [6.07, 6.45) is 3.86. The van der Waals surface area contributed by atoms with E-state index in [0.717, 1.165) is 19.1 Å². The van der Waals surface area contributed by atoms with E-state index < -0.39 is 0 Å². The Hall–Kier alpha value is -0.120. The molecular formula is C10H23N3. The molecule has 0 amide bonds. The van der Waals surface area contributed by atoms with Crippen molar-refractivity contribution in [3.63, 3.8) is 0 Å². The first-order chi connectivity index (χ1) is 6.36. The molecule has 78 valence electrons. The first-order valence-electron chi connectivity index (χ1n) is 5.52. The summed E-state index contributed by atoms with van der Waals surface area (Å²) in [5, 5.41) is 3.48. The van der Waals surface area contributed by atoms with Crippen LogP contribution in [0.1, 0.15) is 26.2 Å². The van der Waals surface area contributed by atoms with Crippen LogP contribution in [0.4, 0.5) is 0 Å². The standard InChI is InChI=1S/C10H23N3/c1-2-7-13-8-3-10(4-9-13)12-6-5-11/h10,12H,2-9,11H2,1H3. The molecule has 1 saturated heterocycles. The van der Waals surface area contributed by atoms with Crippen LogP contribution in [-0.2, 0) is 0 Å². The minimum Gasteiger partial charge on any atom is -0.329 e. The fraction of sp³-hybridized carbons (Fsp3) is 1.00. The van der Waals surface area contributed by atoms with Crippen LogP contribution in [0.5, 0.6) is 0 Å². The summed E-state index contributed by atoms with van der Waals surface area (Å²) in [6, 6.07) is 0.719. The fourth-order valence-electron chi connectivity index (χ4n) is 1.96. The third-order valence-corrected chi connectivity index (χ3v) is 2.70. The molecule has 13 heavy (non-hydrogen) atoms. The van der Waals surface area contributed by atoms with E-state index in [1.807, 2.05) is 0 Å². The van der Waals surface area contributed by atoms with Gasteiger partial charge in [0.2, 0.25) is 0 Å². The molecule has 3 heteroatoms. The van der Waals surface area contributed by atoms with Gasteiger partial charge in [-0.15, -0.1) is 0 Å². The Bertz CT molecular complexity index is 119. The average molecular weight is 185 g/mol. The Morgan fingerprint density at radius 2 is 2.08 bits per heavy atom. The van der Waals surface area contributed by atoms with Gasteiger partial charge in [0.15, 0.2) is 0 Å². The average Bonchev–Trinajstić information content (AvgIpc) is 2.17. The molecule has 0 aromatic rings. The minimum atomic E-state index is 0.719. The molecule has 3 nitrogen and oxygen atoms in total. The van der Waals surface area contributed by atoms with E-state index in [1.54, 1.807) is 0 Å². The van der Waals surface area contributed by atoms with E-state index in [0.29, 0.717) is 0 Å². The normalized spacial score (nSPS) is 20.8. The predicted molar refractivity (Wildman–Crippen MR) is 56.8 cm³/mol. The molecule has 1 aliphatic heterocycles. The largest absolute Gasteiger partial charge is 0.329 e. The SMILES string of the molecule is CCCN1CCC(NCCN)CC1. The Kier molecular flexibility index (Phi) is 5.35. The summed E-state index contributed by atoms with van der Waals surface area (Å²) in [6.45, 7) is 7.77. The molecule has 1 rings (SSSR count). The number of nitrogens with one attached hydrogen (secondary N) is 1. The van der Waals surface area contributed by atoms with Crippen LogP contribution in [0.25, 0.3) is 0 Å². The van der Waals surface area contributed by atoms with Crippen molar-refractivity contribution in [3.8, 4) is 0 Å². The van der Waals surface area contributed by atoms with Crippen LogP contribution in [0.3, 0.4) is 0 Å². The molecule has 0 bridgehead atoms. The van der Waals surface area contributed by atoms with E-state index >= 15 is 0 Å². The molecular weight excluding hydrogens is 162 g/mol. The number of rotatable bonds is 5. The molecule has 0 aliphatic carbocycles. The lowest BCUT2D eigenvalue weighted by Gasteiger charge is -2.32. The Balaban J connectivity index is 2.08. The maximum atomic E-state index is 5.45. The van der Waals surface area contributed by atoms with Gasteiger partial charge in [-0.3, -0.25) is 0 Å². The first-order valence-corrected chi connectivity index (χ1v) is 5.52. The molecule has 0 aromatic carbocycles. The summed E-state index contributed by atoms with van der Waals surface area (Å²) < 4.78 is 0. The van der Waals surface area contributed by atoms with Crippen LogP contribution in [0.15, 0.2) is 0 Å². The summed E-state index contributed by atoms with van der Waals surface area (Å²) in [5.41, 5.74) is 5.45. The Labute approximate surface area is 81.7 Å². The second-order valence-corrected chi connectivity index (χ2v) is 3.86. The van der Waals surface area contributed by atoms with Gasteiger partial charge in [-0.25, -0.2) is 0 Å². The second kappa shape index (κ2) is 6.35. The summed E-state index contributed by atoms with van der Waals surface area (Å²) >= 11 is 0. The molecule has 0 aromatic heterocycles. The quantitative estimate of drug-likeness (QED) is 0.652. The lowest BCUT2D eigenvalue weighted by molar-refractivity contribution is 0.199. The predicted octanol–water partition coefficient (Wildman–Crippen LogP) is 0.409. The van der Waals surface area contributed by atoms with Gasteiger partial charge in [-0.1, -0.05) is 6.92 Å². The van der Waals surface area contributed by atoms with Gasteiger partial charge in [0.25, 0.3) is 0 Å². The molecule has 0 saturated carbocycles. The second-order valence-electron chi connectivity index (χ2n) is 3.86. The minimum absolute atomic E-state index is 0.719. The highest BCUT2D eigenvalue weighted by atomic mass is 15.1. The molecule has 0 atom stereocenters. The van der Waals surface area contributed by atoms with Crippen molar-refractivity contribution >= 4 is 0 Å². The van der Waals surface area contributed by atoms with Gasteiger partial charge in [0.05, 0.1) is 0 Å². The lowest BCUT2D eigenvalue weighted by Crippen LogP contribution is -2.43. The molecule has 3 N–H and O–H groups in total. The Morgan fingerprint density at radius 3 is 2.62 bits per heavy atom. The van der Waals surface area contributed by atoms with Gasteiger partial charge in [0, 0.05) is 19.1 Å².